The second-order valence-corrected chi connectivity index (χ2v) is 8.15. The van der Waals surface area contributed by atoms with Gasteiger partial charge in [0.15, 0.2) is 0 Å². The molecule has 0 aromatic heterocycles. The molecule has 0 radical (unpaired) electrons. The van der Waals surface area contributed by atoms with Crippen molar-refractivity contribution in [3.63, 3.8) is 0 Å². The van der Waals surface area contributed by atoms with E-state index in [4.69, 9.17) is 15.3 Å². The van der Waals surface area contributed by atoms with Gasteiger partial charge in [-0.25, -0.2) is 23.2 Å². The molecule has 29 heavy (non-hydrogen) atoms. The van der Waals surface area contributed by atoms with Crippen LogP contribution >= 0.6 is 0 Å². The lowest BCUT2D eigenvalue weighted by molar-refractivity contribution is -0.180. The summed E-state index contributed by atoms with van der Waals surface area (Å²) in [5, 5.41) is 1.32. The number of hydrogen-bond acceptors (Lipinski definition) is 7. The lowest BCUT2D eigenvalue weighted by atomic mass is 10.1. The fourth-order valence-corrected chi connectivity index (χ4v) is 3.81. The lowest BCUT2D eigenvalue weighted by Crippen LogP contribution is -2.34. The molecular formula is C19H28N4O5S. The van der Waals surface area contributed by atoms with Gasteiger partial charge in [0.2, 0.25) is 10.0 Å². The summed E-state index contributed by atoms with van der Waals surface area (Å²) in [5.41, 5.74) is 7.43. The van der Waals surface area contributed by atoms with Gasteiger partial charge in [0, 0.05) is 37.8 Å². The molecule has 1 heterocycles. The fourth-order valence-electron chi connectivity index (χ4n) is 2.78. The van der Waals surface area contributed by atoms with Gasteiger partial charge in [-0.1, -0.05) is 13.0 Å². The number of sulfonamides is 1. The third-order valence-electron chi connectivity index (χ3n) is 4.09. The molecule has 0 spiro atoms. The van der Waals surface area contributed by atoms with Crippen LogP contribution in [0.4, 0.5) is 5.69 Å². The Hall–Kier alpha value is -2.27. The first-order valence-electron chi connectivity index (χ1n) is 9.43. The number of nitrogens with one attached hydrogen (secondary N) is 1. The maximum atomic E-state index is 12.9. The molecule has 160 valence electrons. The Morgan fingerprint density at radius 3 is 2.76 bits per heavy atom. The van der Waals surface area contributed by atoms with Crippen molar-refractivity contribution in [2.24, 2.45) is 10.7 Å². The lowest BCUT2D eigenvalue weighted by Gasteiger charge is -2.21. The molecule has 1 aromatic carbocycles. The topological polar surface area (TPSA) is 123 Å². The van der Waals surface area contributed by atoms with Gasteiger partial charge in [-0.15, -0.1) is 0 Å². The minimum atomic E-state index is -3.71. The third-order valence-corrected chi connectivity index (χ3v) is 5.55. The first kappa shape index (κ1) is 23.0. The second kappa shape index (κ2) is 10.5. The number of carbonyl (C=O) groups excluding carboxylic acids is 1. The maximum absolute atomic E-state index is 12.9. The van der Waals surface area contributed by atoms with E-state index >= 15 is 0 Å². The van der Waals surface area contributed by atoms with Crippen molar-refractivity contribution in [2.75, 3.05) is 33.4 Å². The smallest absolute Gasteiger partial charge is 0.273 e. The van der Waals surface area contributed by atoms with E-state index in [0.29, 0.717) is 30.0 Å². The van der Waals surface area contributed by atoms with E-state index in [1.54, 1.807) is 12.1 Å². The summed E-state index contributed by atoms with van der Waals surface area (Å²) >= 11 is 0. The molecule has 3 N–H and O–H groups in total. The van der Waals surface area contributed by atoms with Crippen LogP contribution in [0.15, 0.2) is 33.7 Å². The van der Waals surface area contributed by atoms with Crippen LogP contribution in [0.3, 0.4) is 0 Å². The molecule has 1 aliphatic rings. The number of hydrogen-bond donors (Lipinski definition) is 2. The minimum Gasteiger partial charge on any atom is -0.387 e. The van der Waals surface area contributed by atoms with Crippen LogP contribution in [-0.4, -0.2) is 58.6 Å². The summed E-state index contributed by atoms with van der Waals surface area (Å²) in [6.07, 6.45) is 2.57. The average molecular weight is 425 g/mol. The van der Waals surface area contributed by atoms with Gasteiger partial charge >= 0.3 is 0 Å². The van der Waals surface area contributed by atoms with Gasteiger partial charge in [0.25, 0.3) is 5.91 Å². The summed E-state index contributed by atoms with van der Waals surface area (Å²) in [7, 11) is -2.22. The van der Waals surface area contributed by atoms with Crippen LogP contribution < -0.4 is 10.5 Å². The highest BCUT2D eigenvalue weighted by atomic mass is 32.2. The average Bonchev–Trinajstić information content (AvgIpc) is 2.84. The summed E-state index contributed by atoms with van der Waals surface area (Å²) in [4.78, 5) is 22.7. The predicted molar refractivity (Wildman–Crippen MR) is 111 cm³/mol. The molecule has 2 rings (SSSR count). The Morgan fingerprint density at radius 1 is 1.34 bits per heavy atom. The Kier molecular flexibility index (Phi) is 8.32. The number of amidine groups is 1. The van der Waals surface area contributed by atoms with E-state index in [9.17, 15) is 13.2 Å². The number of ether oxygens (including phenoxy) is 1. The van der Waals surface area contributed by atoms with E-state index in [1.807, 2.05) is 13.8 Å². The molecule has 0 fully saturated rings. The van der Waals surface area contributed by atoms with Crippen molar-refractivity contribution in [2.45, 2.75) is 31.6 Å². The first-order valence-corrected chi connectivity index (χ1v) is 10.9. The van der Waals surface area contributed by atoms with Crippen molar-refractivity contribution in [1.29, 1.82) is 0 Å². The molecule has 1 aliphatic heterocycles. The van der Waals surface area contributed by atoms with Gasteiger partial charge in [0.05, 0.1) is 23.8 Å². The number of amides is 1. The number of nitrogens with two attached hydrogens (primary N) is 1. The monoisotopic (exact) mass is 424 g/mol. The van der Waals surface area contributed by atoms with Gasteiger partial charge in [-0.05, 0) is 31.6 Å². The van der Waals surface area contributed by atoms with Crippen LogP contribution in [-0.2, 0) is 24.4 Å². The van der Waals surface area contributed by atoms with Crippen molar-refractivity contribution in [3.8, 4) is 0 Å². The van der Waals surface area contributed by atoms with E-state index in [-0.39, 0.29) is 36.2 Å². The number of aliphatic imine (C=N–C) groups is 1. The normalized spacial score (nSPS) is 13.9. The van der Waals surface area contributed by atoms with Crippen LogP contribution in [0.25, 0.3) is 6.08 Å². The molecular weight excluding hydrogens is 396 g/mol. The molecule has 1 amide bonds. The number of methoxy groups -OCH3 is 1. The predicted octanol–water partition coefficient (Wildman–Crippen LogP) is 1.58. The fraction of sp³-hybridized carbons (Fsp3) is 0.474. The summed E-state index contributed by atoms with van der Waals surface area (Å²) in [6, 6.07) is 4.52. The highest BCUT2D eigenvalue weighted by molar-refractivity contribution is 7.89. The highest BCUT2D eigenvalue weighted by Gasteiger charge is 2.23. The molecule has 0 saturated heterocycles. The molecule has 1 aromatic rings. The minimum absolute atomic E-state index is 0.0639. The molecule has 0 aliphatic carbocycles. The summed E-state index contributed by atoms with van der Waals surface area (Å²) < 4.78 is 32.2. The quantitative estimate of drug-likeness (QED) is 0.434. The van der Waals surface area contributed by atoms with Gasteiger partial charge in [-0.3, -0.25) is 9.63 Å². The van der Waals surface area contributed by atoms with Crippen LogP contribution in [0.2, 0.25) is 0 Å². The number of benzene rings is 1. The Labute approximate surface area is 171 Å². The number of rotatable bonds is 10. The molecule has 0 saturated carbocycles. The van der Waals surface area contributed by atoms with Gasteiger partial charge < -0.3 is 10.5 Å². The van der Waals surface area contributed by atoms with Gasteiger partial charge in [0.1, 0.15) is 5.84 Å². The van der Waals surface area contributed by atoms with Crippen LogP contribution in [0.5, 0.6) is 0 Å². The van der Waals surface area contributed by atoms with E-state index < -0.39 is 10.0 Å². The van der Waals surface area contributed by atoms with Crippen molar-refractivity contribution in [1.82, 2.24) is 9.79 Å². The second-order valence-electron chi connectivity index (χ2n) is 6.39. The Bertz CT molecular complexity index is 890. The Morgan fingerprint density at radius 2 is 2.10 bits per heavy atom. The number of hydroxylamine groups is 2. The SMILES string of the molecule is CCCN(OCC)C(=O)C1=Cc2ccc(S(=O)(=O)NCCOC)cc2N=C(N)C1. The van der Waals surface area contributed by atoms with E-state index in [2.05, 4.69) is 9.71 Å². The summed E-state index contributed by atoms with van der Waals surface area (Å²) in [6.45, 7) is 5.01. The third kappa shape index (κ3) is 6.10. The van der Waals surface area contributed by atoms with Crippen molar-refractivity contribution < 1.29 is 22.8 Å². The zero-order valence-corrected chi connectivity index (χ0v) is 17.8. The first-order chi connectivity index (χ1) is 13.8. The standard InChI is InChI=1S/C19H28N4O5S/c1-4-9-23(28-5-2)19(24)15-11-14-6-7-16(13-17(14)22-18(20)12-15)29(25,26)21-8-10-27-3/h6-7,11,13,21H,4-5,8-10,12H2,1-3H3,(H2,20,22). The zero-order valence-electron chi connectivity index (χ0n) is 17.0. The van der Waals surface area contributed by atoms with Crippen LogP contribution in [0, 0.1) is 0 Å². The van der Waals surface area contributed by atoms with Crippen molar-refractivity contribution in [3.05, 3.63) is 29.3 Å². The molecule has 9 nitrogen and oxygen atoms in total. The Balaban J connectivity index is 2.36. The van der Waals surface area contributed by atoms with Crippen molar-refractivity contribution >= 4 is 33.5 Å². The van der Waals surface area contributed by atoms with Crippen LogP contribution in [0.1, 0.15) is 32.3 Å². The van der Waals surface area contributed by atoms with Gasteiger partial charge in [-0.2, -0.15) is 0 Å². The summed E-state index contributed by atoms with van der Waals surface area (Å²) in [5.74, 6) is -0.0594. The highest BCUT2D eigenvalue weighted by Crippen LogP contribution is 2.29. The van der Waals surface area contributed by atoms with E-state index in [1.165, 1.54) is 24.3 Å². The van der Waals surface area contributed by atoms with E-state index in [0.717, 1.165) is 6.42 Å². The molecule has 10 heteroatoms. The number of nitrogens with zero attached hydrogens (tertiary/aromatic N) is 2. The molecule has 0 unspecified atom stereocenters. The maximum Gasteiger partial charge on any atom is 0.273 e. The molecule has 0 bridgehead atoms. The number of carbonyl (C=O) groups is 1. The zero-order chi connectivity index (χ0) is 21.4. The largest absolute Gasteiger partial charge is 0.387 e. The molecule has 0 atom stereocenters. The number of fused-ring (bicyclic) bond motifs is 1.